The number of hydrogen-bond acceptors (Lipinski definition) is 5. The SMILES string of the molecule is COC(=O)c1ccc(NC(=O)c2ccncc2)cc1OC. The van der Waals surface area contributed by atoms with Gasteiger partial charge in [0.1, 0.15) is 11.3 Å². The van der Waals surface area contributed by atoms with Crippen LogP contribution in [0.25, 0.3) is 0 Å². The maximum Gasteiger partial charge on any atom is 0.341 e. The number of amides is 1. The highest BCUT2D eigenvalue weighted by atomic mass is 16.5. The van der Waals surface area contributed by atoms with E-state index in [1.807, 2.05) is 0 Å². The van der Waals surface area contributed by atoms with Gasteiger partial charge in [-0.2, -0.15) is 0 Å². The van der Waals surface area contributed by atoms with Gasteiger partial charge < -0.3 is 14.8 Å². The van der Waals surface area contributed by atoms with Gasteiger partial charge in [0.25, 0.3) is 5.91 Å². The molecule has 21 heavy (non-hydrogen) atoms. The summed E-state index contributed by atoms with van der Waals surface area (Å²) in [6.45, 7) is 0. The molecule has 0 atom stereocenters. The highest BCUT2D eigenvalue weighted by Crippen LogP contribution is 2.24. The Kier molecular flexibility index (Phi) is 4.50. The van der Waals surface area contributed by atoms with Gasteiger partial charge >= 0.3 is 5.97 Å². The Balaban J connectivity index is 2.22. The van der Waals surface area contributed by atoms with Crippen LogP contribution in [-0.4, -0.2) is 31.1 Å². The number of aromatic nitrogens is 1. The summed E-state index contributed by atoms with van der Waals surface area (Å²) < 4.78 is 9.79. The summed E-state index contributed by atoms with van der Waals surface area (Å²) in [7, 11) is 2.73. The summed E-state index contributed by atoms with van der Waals surface area (Å²) in [5, 5.41) is 2.72. The standard InChI is InChI=1S/C15H14N2O4/c1-20-13-9-11(3-4-12(13)15(19)21-2)17-14(18)10-5-7-16-8-6-10/h3-9H,1-2H3,(H,17,18). The number of nitrogens with one attached hydrogen (secondary N) is 1. The van der Waals surface area contributed by atoms with Crippen LogP contribution in [0.5, 0.6) is 5.75 Å². The van der Waals surface area contributed by atoms with Crippen molar-refractivity contribution in [1.82, 2.24) is 4.98 Å². The predicted molar refractivity (Wildman–Crippen MR) is 76.5 cm³/mol. The zero-order valence-electron chi connectivity index (χ0n) is 11.6. The number of methoxy groups -OCH3 is 2. The molecule has 0 fully saturated rings. The minimum Gasteiger partial charge on any atom is -0.496 e. The molecule has 6 nitrogen and oxygen atoms in total. The average molecular weight is 286 g/mol. The Morgan fingerprint density at radius 3 is 2.43 bits per heavy atom. The molecule has 1 amide bonds. The Bertz CT molecular complexity index is 656. The summed E-state index contributed by atoms with van der Waals surface area (Å²) in [4.78, 5) is 27.4. The minimum absolute atomic E-state index is 0.273. The van der Waals surface area contributed by atoms with E-state index in [4.69, 9.17) is 4.74 Å². The molecule has 0 aliphatic rings. The van der Waals surface area contributed by atoms with Gasteiger partial charge in [-0.1, -0.05) is 0 Å². The monoisotopic (exact) mass is 286 g/mol. The van der Waals surface area contributed by atoms with Gasteiger partial charge in [-0.3, -0.25) is 9.78 Å². The molecule has 0 saturated heterocycles. The Morgan fingerprint density at radius 1 is 1.10 bits per heavy atom. The van der Waals surface area contributed by atoms with Gasteiger partial charge in [0.05, 0.1) is 14.2 Å². The fourth-order valence-corrected chi connectivity index (χ4v) is 1.75. The number of ether oxygens (including phenoxy) is 2. The number of rotatable bonds is 4. The molecule has 2 rings (SSSR count). The lowest BCUT2D eigenvalue weighted by molar-refractivity contribution is 0.0597. The van der Waals surface area contributed by atoms with Gasteiger partial charge in [0.2, 0.25) is 0 Å². The molecule has 0 spiro atoms. The van der Waals surface area contributed by atoms with Crippen molar-refractivity contribution >= 4 is 17.6 Å². The molecule has 0 unspecified atom stereocenters. The third-order valence-corrected chi connectivity index (χ3v) is 2.81. The van der Waals surface area contributed by atoms with Crippen molar-refractivity contribution in [3.63, 3.8) is 0 Å². The van der Waals surface area contributed by atoms with E-state index < -0.39 is 5.97 Å². The smallest absolute Gasteiger partial charge is 0.341 e. The van der Waals surface area contributed by atoms with Gasteiger partial charge in [0, 0.05) is 29.7 Å². The number of carbonyl (C=O) groups is 2. The lowest BCUT2D eigenvalue weighted by Crippen LogP contribution is -2.12. The topological polar surface area (TPSA) is 77.5 Å². The number of pyridine rings is 1. The zero-order valence-corrected chi connectivity index (χ0v) is 11.6. The van der Waals surface area contributed by atoms with Gasteiger partial charge in [-0.05, 0) is 24.3 Å². The first-order valence-electron chi connectivity index (χ1n) is 6.13. The van der Waals surface area contributed by atoms with Crippen molar-refractivity contribution in [3.8, 4) is 5.75 Å². The number of anilines is 1. The molecular weight excluding hydrogens is 272 g/mol. The quantitative estimate of drug-likeness (QED) is 0.871. The molecular formula is C15H14N2O4. The maximum absolute atomic E-state index is 12.0. The van der Waals surface area contributed by atoms with E-state index in [1.165, 1.54) is 32.7 Å². The van der Waals surface area contributed by atoms with Crippen molar-refractivity contribution in [1.29, 1.82) is 0 Å². The molecule has 6 heteroatoms. The fourth-order valence-electron chi connectivity index (χ4n) is 1.75. The first kappa shape index (κ1) is 14.5. The predicted octanol–water partition coefficient (Wildman–Crippen LogP) is 2.13. The lowest BCUT2D eigenvalue weighted by atomic mass is 10.1. The van der Waals surface area contributed by atoms with Gasteiger partial charge in [-0.15, -0.1) is 0 Å². The zero-order chi connectivity index (χ0) is 15.2. The third kappa shape index (κ3) is 3.36. The Hall–Kier alpha value is -2.89. The van der Waals surface area contributed by atoms with Crippen molar-refractivity contribution in [2.24, 2.45) is 0 Å². The number of carbonyl (C=O) groups excluding carboxylic acids is 2. The summed E-state index contributed by atoms with van der Waals surface area (Å²) in [5.74, 6) is -0.446. The van der Waals surface area contributed by atoms with Crippen LogP contribution in [0, 0.1) is 0 Å². The normalized spacial score (nSPS) is 9.81. The molecule has 0 bridgehead atoms. The molecule has 2 aromatic rings. The highest BCUT2D eigenvalue weighted by molar-refractivity contribution is 6.04. The molecule has 1 heterocycles. The highest BCUT2D eigenvalue weighted by Gasteiger charge is 2.14. The molecule has 1 aromatic heterocycles. The number of esters is 1. The molecule has 0 aliphatic heterocycles. The van der Waals surface area contributed by atoms with E-state index in [0.29, 0.717) is 22.6 Å². The third-order valence-electron chi connectivity index (χ3n) is 2.81. The first-order valence-corrected chi connectivity index (χ1v) is 6.13. The van der Waals surface area contributed by atoms with E-state index in [0.717, 1.165) is 0 Å². The largest absolute Gasteiger partial charge is 0.496 e. The van der Waals surface area contributed by atoms with Crippen LogP contribution in [0.15, 0.2) is 42.7 Å². The van der Waals surface area contributed by atoms with Crippen LogP contribution in [0.4, 0.5) is 5.69 Å². The maximum atomic E-state index is 12.0. The summed E-state index contributed by atoms with van der Waals surface area (Å²) in [5.41, 5.74) is 1.30. The van der Waals surface area contributed by atoms with Crippen LogP contribution in [-0.2, 0) is 4.74 Å². The molecule has 1 aromatic carbocycles. The Labute approximate surface area is 121 Å². The van der Waals surface area contributed by atoms with E-state index in [1.54, 1.807) is 24.3 Å². The number of benzene rings is 1. The molecule has 108 valence electrons. The van der Waals surface area contributed by atoms with E-state index in [-0.39, 0.29) is 5.91 Å². The molecule has 0 saturated carbocycles. The second-order valence-electron chi connectivity index (χ2n) is 4.10. The van der Waals surface area contributed by atoms with E-state index in [2.05, 4.69) is 15.0 Å². The van der Waals surface area contributed by atoms with Crippen molar-refractivity contribution in [3.05, 3.63) is 53.9 Å². The first-order chi connectivity index (χ1) is 10.2. The number of hydrogen-bond donors (Lipinski definition) is 1. The van der Waals surface area contributed by atoms with Crippen LogP contribution in [0.1, 0.15) is 20.7 Å². The number of nitrogens with zero attached hydrogens (tertiary/aromatic N) is 1. The van der Waals surface area contributed by atoms with Crippen molar-refractivity contribution in [2.45, 2.75) is 0 Å². The van der Waals surface area contributed by atoms with E-state index >= 15 is 0 Å². The van der Waals surface area contributed by atoms with Gasteiger partial charge in [-0.25, -0.2) is 4.79 Å². The molecule has 0 radical (unpaired) electrons. The average Bonchev–Trinajstić information content (AvgIpc) is 2.54. The van der Waals surface area contributed by atoms with Crippen LogP contribution < -0.4 is 10.1 Å². The Morgan fingerprint density at radius 2 is 1.81 bits per heavy atom. The van der Waals surface area contributed by atoms with Crippen LogP contribution >= 0.6 is 0 Å². The van der Waals surface area contributed by atoms with E-state index in [9.17, 15) is 9.59 Å². The summed E-state index contributed by atoms with van der Waals surface area (Å²) in [6, 6.07) is 7.91. The van der Waals surface area contributed by atoms with Crippen LogP contribution in [0.3, 0.4) is 0 Å². The van der Waals surface area contributed by atoms with Crippen molar-refractivity contribution < 1.29 is 19.1 Å². The summed E-state index contributed by atoms with van der Waals surface area (Å²) in [6.07, 6.45) is 3.08. The second-order valence-corrected chi connectivity index (χ2v) is 4.10. The van der Waals surface area contributed by atoms with Crippen molar-refractivity contribution in [2.75, 3.05) is 19.5 Å². The van der Waals surface area contributed by atoms with Gasteiger partial charge in [0.15, 0.2) is 0 Å². The summed E-state index contributed by atoms with van der Waals surface area (Å²) >= 11 is 0. The molecule has 1 N–H and O–H groups in total. The molecule has 0 aliphatic carbocycles. The lowest BCUT2D eigenvalue weighted by Gasteiger charge is -2.10. The van der Waals surface area contributed by atoms with Crippen LogP contribution in [0.2, 0.25) is 0 Å². The fraction of sp³-hybridized carbons (Fsp3) is 0.133. The minimum atomic E-state index is -0.501. The second kappa shape index (κ2) is 6.51.